The Hall–Kier alpha value is -0.970. The first-order valence-electron chi connectivity index (χ1n) is 4.51. The quantitative estimate of drug-likeness (QED) is 0.756. The summed E-state index contributed by atoms with van der Waals surface area (Å²) in [5.41, 5.74) is -1.45. The zero-order valence-corrected chi connectivity index (χ0v) is 9.78. The predicted molar refractivity (Wildman–Crippen MR) is 54.6 cm³/mol. The Morgan fingerprint density at radius 3 is 2.19 bits per heavy atom. The van der Waals surface area contributed by atoms with Crippen molar-refractivity contribution >= 4 is 11.6 Å². The zero-order valence-electron chi connectivity index (χ0n) is 9.02. The molecule has 0 aliphatic heterocycles. The van der Waals surface area contributed by atoms with Crippen LogP contribution in [0, 0.1) is 0 Å². The van der Waals surface area contributed by atoms with Crippen LogP contribution in [0.4, 0.5) is 13.2 Å². The summed E-state index contributed by atoms with van der Waals surface area (Å²) in [7, 11) is 0. The maximum Gasteiger partial charge on any atom is 0.417 e. The summed E-state index contributed by atoms with van der Waals surface area (Å²) in [6.45, 7) is 5.26. The Morgan fingerprint density at radius 1 is 1.25 bits per heavy atom. The molecule has 1 aromatic rings. The molecule has 2 nitrogen and oxygen atoms in total. The van der Waals surface area contributed by atoms with E-state index < -0.39 is 17.3 Å². The molecule has 0 fully saturated rings. The minimum atomic E-state index is -4.45. The molecule has 0 aliphatic carbocycles. The Morgan fingerprint density at radius 2 is 1.81 bits per heavy atom. The van der Waals surface area contributed by atoms with Gasteiger partial charge in [0.05, 0.1) is 5.56 Å². The summed E-state index contributed by atoms with van der Waals surface area (Å²) < 4.78 is 42.2. The number of rotatable bonds is 1. The lowest BCUT2D eigenvalue weighted by Gasteiger charge is -2.21. The van der Waals surface area contributed by atoms with Crippen molar-refractivity contribution in [3.8, 4) is 5.88 Å². The Labute approximate surface area is 96.4 Å². The molecule has 6 heteroatoms. The van der Waals surface area contributed by atoms with E-state index in [4.69, 9.17) is 16.3 Å². The number of nitrogens with zero attached hydrogens (tertiary/aromatic N) is 1. The van der Waals surface area contributed by atoms with Gasteiger partial charge >= 0.3 is 6.18 Å². The highest BCUT2D eigenvalue weighted by molar-refractivity contribution is 6.31. The summed E-state index contributed by atoms with van der Waals surface area (Å²) in [6.07, 6.45) is -3.75. The fraction of sp³-hybridized carbons (Fsp3) is 0.500. The Balaban J connectivity index is 3.01. The summed E-state index contributed by atoms with van der Waals surface area (Å²) >= 11 is 5.65. The molecule has 0 amide bonds. The number of hydrogen-bond donors (Lipinski definition) is 0. The monoisotopic (exact) mass is 253 g/mol. The van der Waals surface area contributed by atoms with Crippen LogP contribution in [0.1, 0.15) is 26.3 Å². The molecule has 0 bridgehead atoms. The lowest BCUT2D eigenvalue weighted by Crippen LogP contribution is -2.24. The van der Waals surface area contributed by atoms with Crippen LogP contribution in [0.2, 0.25) is 5.02 Å². The van der Waals surface area contributed by atoms with E-state index >= 15 is 0 Å². The molecule has 0 spiro atoms. The molecule has 0 aromatic carbocycles. The molecular formula is C10H11ClF3NO. The molecule has 1 rings (SSSR count). The summed E-state index contributed by atoms with van der Waals surface area (Å²) in [5.74, 6) is 0.00201. The van der Waals surface area contributed by atoms with E-state index in [2.05, 4.69) is 4.98 Å². The van der Waals surface area contributed by atoms with Crippen LogP contribution in [0.5, 0.6) is 5.88 Å². The topological polar surface area (TPSA) is 22.1 Å². The van der Waals surface area contributed by atoms with Gasteiger partial charge < -0.3 is 4.74 Å². The van der Waals surface area contributed by atoms with Crippen molar-refractivity contribution in [2.75, 3.05) is 0 Å². The molecule has 0 aliphatic rings. The minimum Gasteiger partial charge on any atom is -0.471 e. The highest BCUT2D eigenvalue weighted by Gasteiger charge is 2.32. The van der Waals surface area contributed by atoms with Gasteiger partial charge in [0.1, 0.15) is 10.6 Å². The van der Waals surface area contributed by atoms with Gasteiger partial charge in [-0.05, 0) is 26.8 Å². The third kappa shape index (κ3) is 3.56. The molecule has 90 valence electrons. The number of hydrogen-bond acceptors (Lipinski definition) is 2. The highest BCUT2D eigenvalue weighted by Crippen LogP contribution is 2.33. The van der Waals surface area contributed by atoms with Crippen LogP contribution in [0.15, 0.2) is 12.3 Å². The SMILES string of the molecule is CC(C)(C)Oc1ncc(C(F)(F)F)cc1Cl. The van der Waals surface area contributed by atoms with Crippen molar-refractivity contribution in [2.45, 2.75) is 32.5 Å². The van der Waals surface area contributed by atoms with Gasteiger partial charge in [-0.3, -0.25) is 0 Å². The maximum atomic E-state index is 12.3. The number of halogens is 4. The largest absolute Gasteiger partial charge is 0.471 e. The summed E-state index contributed by atoms with van der Waals surface area (Å²) in [6, 6.07) is 0.801. The van der Waals surface area contributed by atoms with Crippen LogP contribution in [0.3, 0.4) is 0 Å². The smallest absolute Gasteiger partial charge is 0.417 e. The van der Waals surface area contributed by atoms with Crippen molar-refractivity contribution in [2.24, 2.45) is 0 Å². The number of aromatic nitrogens is 1. The van der Waals surface area contributed by atoms with Gasteiger partial charge in [0.2, 0.25) is 5.88 Å². The molecule has 1 aromatic heterocycles. The summed E-state index contributed by atoms with van der Waals surface area (Å²) in [4.78, 5) is 3.56. The van der Waals surface area contributed by atoms with E-state index in [0.29, 0.717) is 6.20 Å². The molecule has 0 saturated carbocycles. The normalized spacial score (nSPS) is 12.7. The highest BCUT2D eigenvalue weighted by atomic mass is 35.5. The van der Waals surface area contributed by atoms with E-state index in [1.54, 1.807) is 20.8 Å². The van der Waals surface area contributed by atoms with Gasteiger partial charge in [-0.1, -0.05) is 11.6 Å². The second kappa shape index (κ2) is 4.13. The van der Waals surface area contributed by atoms with Gasteiger partial charge in [0, 0.05) is 6.20 Å². The van der Waals surface area contributed by atoms with E-state index in [-0.39, 0.29) is 10.9 Å². The van der Waals surface area contributed by atoms with Crippen molar-refractivity contribution in [1.29, 1.82) is 0 Å². The van der Waals surface area contributed by atoms with E-state index in [9.17, 15) is 13.2 Å². The zero-order chi connectivity index (χ0) is 12.6. The third-order valence-electron chi connectivity index (χ3n) is 1.54. The van der Waals surface area contributed by atoms with Crippen LogP contribution in [-0.4, -0.2) is 10.6 Å². The minimum absolute atomic E-state index is 0.00201. The van der Waals surface area contributed by atoms with Crippen LogP contribution in [0.25, 0.3) is 0 Å². The lowest BCUT2D eigenvalue weighted by atomic mass is 10.2. The van der Waals surface area contributed by atoms with Gasteiger partial charge in [-0.25, -0.2) is 4.98 Å². The number of ether oxygens (including phenoxy) is 1. The first kappa shape index (κ1) is 13.1. The second-order valence-corrected chi connectivity index (χ2v) is 4.63. The standard InChI is InChI=1S/C10H11ClF3NO/c1-9(2,3)16-8-7(11)4-6(5-15-8)10(12,13)14/h4-5H,1-3H3. The average molecular weight is 254 g/mol. The number of pyridine rings is 1. The van der Waals surface area contributed by atoms with Gasteiger partial charge in [-0.15, -0.1) is 0 Å². The van der Waals surface area contributed by atoms with Crippen molar-refractivity contribution in [3.63, 3.8) is 0 Å². The second-order valence-electron chi connectivity index (χ2n) is 4.22. The first-order valence-corrected chi connectivity index (χ1v) is 4.89. The van der Waals surface area contributed by atoms with Crippen molar-refractivity contribution in [3.05, 3.63) is 22.8 Å². The average Bonchev–Trinajstić information content (AvgIpc) is 2.04. The Bertz CT molecular complexity index is 385. The van der Waals surface area contributed by atoms with Gasteiger partial charge in [0.25, 0.3) is 0 Å². The third-order valence-corrected chi connectivity index (χ3v) is 1.81. The molecule has 0 radical (unpaired) electrons. The van der Waals surface area contributed by atoms with Crippen molar-refractivity contribution < 1.29 is 17.9 Å². The van der Waals surface area contributed by atoms with E-state index in [1.807, 2.05) is 0 Å². The van der Waals surface area contributed by atoms with Crippen LogP contribution >= 0.6 is 11.6 Å². The Kier molecular flexibility index (Phi) is 3.38. The fourth-order valence-corrected chi connectivity index (χ4v) is 1.15. The maximum absolute atomic E-state index is 12.3. The molecular weight excluding hydrogens is 243 g/mol. The molecule has 0 saturated heterocycles. The molecule has 16 heavy (non-hydrogen) atoms. The molecule has 0 N–H and O–H groups in total. The predicted octanol–water partition coefficient (Wildman–Crippen LogP) is 3.93. The number of alkyl halides is 3. The fourth-order valence-electron chi connectivity index (χ4n) is 0.946. The first-order chi connectivity index (χ1) is 7.09. The van der Waals surface area contributed by atoms with Crippen molar-refractivity contribution in [1.82, 2.24) is 4.98 Å². The summed E-state index contributed by atoms with van der Waals surface area (Å²) in [5, 5.41) is -0.148. The lowest BCUT2D eigenvalue weighted by molar-refractivity contribution is -0.137. The molecule has 0 atom stereocenters. The van der Waals surface area contributed by atoms with Crippen LogP contribution in [-0.2, 0) is 6.18 Å². The van der Waals surface area contributed by atoms with Gasteiger partial charge in [-0.2, -0.15) is 13.2 Å². The van der Waals surface area contributed by atoms with E-state index in [1.165, 1.54) is 0 Å². The molecule has 0 unspecified atom stereocenters. The van der Waals surface area contributed by atoms with Gasteiger partial charge in [0.15, 0.2) is 0 Å². The molecule has 1 heterocycles. The van der Waals surface area contributed by atoms with Crippen LogP contribution < -0.4 is 4.74 Å². The van der Waals surface area contributed by atoms with E-state index in [0.717, 1.165) is 6.07 Å².